The minimum absolute atomic E-state index is 0.0662. The van der Waals surface area contributed by atoms with E-state index in [1.165, 1.54) is 0 Å². The Bertz CT molecular complexity index is 124. The van der Waals surface area contributed by atoms with Gasteiger partial charge in [-0.15, -0.1) is 23.2 Å². The number of ether oxygens (including phenoxy) is 1. The van der Waals surface area contributed by atoms with Crippen molar-refractivity contribution in [3.8, 4) is 0 Å². The molecule has 0 rings (SSSR count). The smallest absolute Gasteiger partial charge is 0.0602 e. The van der Waals surface area contributed by atoms with E-state index < -0.39 is 0 Å². The fourth-order valence-electron chi connectivity index (χ4n) is 1.37. The SMILES string of the molecule is CC(C)(C)OC(CCCCl)CCCCl. The van der Waals surface area contributed by atoms with E-state index in [0.29, 0.717) is 17.9 Å². The van der Waals surface area contributed by atoms with Crippen molar-refractivity contribution in [3.05, 3.63) is 0 Å². The van der Waals surface area contributed by atoms with Crippen molar-refractivity contribution in [1.29, 1.82) is 0 Å². The Hall–Kier alpha value is 0.540. The minimum atomic E-state index is -0.0662. The molecule has 0 bridgehead atoms. The van der Waals surface area contributed by atoms with Crippen molar-refractivity contribution >= 4 is 23.2 Å². The maximum absolute atomic E-state index is 5.92. The van der Waals surface area contributed by atoms with Crippen LogP contribution in [0.5, 0.6) is 0 Å². The second kappa shape index (κ2) is 7.78. The van der Waals surface area contributed by atoms with Gasteiger partial charge in [0.1, 0.15) is 0 Å². The Morgan fingerprint density at radius 3 is 1.71 bits per heavy atom. The van der Waals surface area contributed by atoms with Crippen LogP contribution in [0.3, 0.4) is 0 Å². The first-order valence-electron chi connectivity index (χ1n) is 5.29. The van der Waals surface area contributed by atoms with E-state index in [4.69, 9.17) is 27.9 Å². The minimum Gasteiger partial charge on any atom is -0.373 e. The highest BCUT2D eigenvalue weighted by atomic mass is 35.5. The fraction of sp³-hybridized carbons (Fsp3) is 1.00. The van der Waals surface area contributed by atoms with E-state index in [1.54, 1.807) is 0 Å². The van der Waals surface area contributed by atoms with Crippen molar-refractivity contribution in [1.82, 2.24) is 0 Å². The zero-order chi connectivity index (χ0) is 11.0. The highest BCUT2D eigenvalue weighted by Gasteiger charge is 2.17. The van der Waals surface area contributed by atoms with E-state index in [-0.39, 0.29) is 5.60 Å². The highest BCUT2D eigenvalue weighted by Crippen LogP contribution is 2.18. The highest BCUT2D eigenvalue weighted by molar-refractivity contribution is 6.18. The monoisotopic (exact) mass is 240 g/mol. The lowest BCUT2D eigenvalue weighted by Crippen LogP contribution is -2.27. The van der Waals surface area contributed by atoms with E-state index in [2.05, 4.69) is 20.8 Å². The third-order valence-electron chi connectivity index (χ3n) is 1.84. The summed E-state index contributed by atoms with van der Waals surface area (Å²) in [4.78, 5) is 0. The summed E-state index contributed by atoms with van der Waals surface area (Å²) in [6.07, 6.45) is 4.43. The summed E-state index contributed by atoms with van der Waals surface area (Å²) in [6.45, 7) is 6.25. The van der Waals surface area contributed by atoms with Gasteiger partial charge in [-0.05, 0) is 46.5 Å². The average Bonchev–Trinajstić information content (AvgIpc) is 2.07. The second-order valence-corrected chi connectivity index (χ2v) is 5.27. The molecule has 0 aromatic carbocycles. The molecule has 1 nitrogen and oxygen atoms in total. The predicted molar refractivity (Wildman–Crippen MR) is 64.5 cm³/mol. The molecule has 0 amide bonds. The van der Waals surface area contributed by atoms with Crippen molar-refractivity contribution in [2.24, 2.45) is 0 Å². The maximum Gasteiger partial charge on any atom is 0.0602 e. The molecule has 0 atom stereocenters. The van der Waals surface area contributed by atoms with Crippen LogP contribution in [0, 0.1) is 0 Å². The standard InChI is InChI=1S/C11H22Cl2O/c1-11(2,3)14-10(6-4-8-12)7-5-9-13/h10H,4-9H2,1-3H3. The Morgan fingerprint density at radius 2 is 1.43 bits per heavy atom. The quantitative estimate of drug-likeness (QED) is 0.607. The first-order chi connectivity index (χ1) is 6.49. The topological polar surface area (TPSA) is 9.23 Å². The van der Waals surface area contributed by atoms with Crippen LogP contribution in [0.4, 0.5) is 0 Å². The Labute approximate surface area is 98.1 Å². The summed E-state index contributed by atoms with van der Waals surface area (Å²) < 4.78 is 5.92. The molecule has 86 valence electrons. The van der Waals surface area contributed by atoms with Gasteiger partial charge in [0.05, 0.1) is 11.7 Å². The molecule has 0 N–H and O–H groups in total. The Morgan fingerprint density at radius 1 is 1.00 bits per heavy atom. The summed E-state index contributed by atoms with van der Waals surface area (Å²) in [5, 5.41) is 0. The normalized spacial score (nSPS) is 12.4. The average molecular weight is 241 g/mol. The molecule has 14 heavy (non-hydrogen) atoms. The molecule has 0 fully saturated rings. The molecule has 0 aliphatic heterocycles. The summed E-state index contributed by atoms with van der Waals surface area (Å²) in [5.41, 5.74) is -0.0662. The van der Waals surface area contributed by atoms with Crippen molar-refractivity contribution in [2.45, 2.75) is 58.2 Å². The summed E-state index contributed by atoms with van der Waals surface area (Å²) in [6, 6.07) is 0. The van der Waals surface area contributed by atoms with Crippen LogP contribution in [-0.4, -0.2) is 23.5 Å². The molecule has 0 spiro atoms. The first kappa shape index (κ1) is 14.5. The van der Waals surface area contributed by atoms with Crippen LogP contribution >= 0.6 is 23.2 Å². The second-order valence-electron chi connectivity index (χ2n) is 4.51. The van der Waals surface area contributed by atoms with Crippen LogP contribution < -0.4 is 0 Å². The van der Waals surface area contributed by atoms with Gasteiger partial charge in [0, 0.05) is 11.8 Å². The zero-order valence-corrected chi connectivity index (χ0v) is 11.0. The van der Waals surface area contributed by atoms with Crippen LogP contribution in [0.15, 0.2) is 0 Å². The molecule has 0 saturated heterocycles. The number of halogens is 2. The van der Waals surface area contributed by atoms with Crippen molar-refractivity contribution < 1.29 is 4.74 Å². The zero-order valence-electron chi connectivity index (χ0n) is 9.48. The van der Waals surface area contributed by atoms with E-state index in [1.807, 2.05) is 0 Å². The third-order valence-corrected chi connectivity index (χ3v) is 2.37. The summed E-state index contributed by atoms with van der Waals surface area (Å²) >= 11 is 11.3. The maximum atomic E-state index is 5.92. The number of hydrogen-bond donors (Lipinski definition) is 0. The van der Waals surface area contributed by atoms with Gasteiger partial charge < -0.3 is 4.74 Å². The van der Waals surface area contributed by atoms with Gasteiger partial charge in [0.2, 0.25) is 0 Å². The molecule has 0 unspecified atom stereocenters. The molecule has 0 aliphatic carbocycles. The molecule has 0 radical (unpaired) electrons. The van der Waals surface area contributed by atoms with Crippen LogP contribution in [0.2, 0.25) is 0 Å². The number of alkyl halides is 2. The lowest BCUT2D eigenvalue weighted by Gasteiger charge is -2.27. The summed E-state index contributed by atoms with van der Waals surface area (Å²) in [5.74, 6) is 1.43. The van der Waals surface area contributed by atoms with Crippen LogP contribution in [0.25, 0.3) is 0 Å². The van der Waals surface area contributed by atoms with Crippen molar-refractivity contribution in [2.75, 3.05) is 11.8 Å². The Kier molecular flexibility index (Phi) is 8.08. The summed E-state index contributed by atoms with van der Waals surface area (Å²) in [7, 11) is 0. The molecular formula is C11H22Cl2O. The van der Waals surface area contributed by atoms with Gasteiger partial charge in [0.25, 0.3) is 0 Å². The molecule has 0 aromatic rings. The van der Waals surface area contributed by atoms with Crippen LogP contribution in [-0.2, 0) is 4.74 Å². The van der Waals surface area contributed by atoms with Gasteiger partial charge >= 0.3 is 0 Å². The molecular weight excluding hydrogens is 219 g/mol. The molecule has 0 aliphatic rings. The van der Waals surface area contributed by atoms with Gasteiger partial charge in [0.15, 0.2) is 0 Å². The van der Waals surface area contributed by atoms with E-state index in [0.717, 1.165) is 25.7 Å². The van der Waals surface area contributed by atoms with E-state index in [9.17, 15) is 0 Å². The molecule has 0 aromatic heterocycles. The third kappa shape index (κ3) is 9.11. The Balaban J connectivity index is 3.84. The van der Waals surface area contributed by atoms with Crippen molar-refractivity contribution in [3.63, 3.8) is 0 Å². The van der Waals surface area contributed by atoms with E-state index >= 15 is 0 Å². The lowest BCUT2D eigenvalue weighted by molar-refractivity contribution is -0.0663. The largest absolute Gasteiger partial charge is 0.373 e. The van der Waals surface area contributed by atoms with Gasteiger partial charge in [-0.2, -0.15) is 0 Å². The fourth-order valence-corrected chi connectivity index (χ4v) is 1.68. The lowest BCUT2D eigenvalue weighted by atomic mass is 10.1. The first-order valence-corrected chi connectivity index (χ1v) is 6.36. The molecule has 0 saturated carbocycles. The van der Waals surface area contributed by atoms with Gasteiger partial charge in [-0.3, -0.25) is 0 Å². The van der Waals surface area contributed by atoms with Crippen LogP contribution in [0.1, 0.15) is 46.5 Å². The molecule has 3 heteroatoms. The number of rotatable bonds is 7. The number of hydrogen-bond acceptors (Lipinski definition) is 1. The van der Waals surface area contributed by atoms with Gasteiger partial charge in [-0.25, -0.2) is 0 Å². The molecule has 0 heterocycles. The van der Waals surface area contributed by atoms with Gasteiger partial charge in [-0.1, -0.05) is 0 Å². The predicted octanol–water partition coefficient (Wildman–Crippen LogP) is 4.21.